The third kappa shape index (κ3) is 3.23. The van der Waals surface area contributed by atoms with Gasteiger partial charge in [-0.3, -0.25) is 4.79 Å². The molecule has 0 saturated carbocycles. The first kappa shape index (κ1) is 18.5. The Morgan fingerprint density at radius 3 is 2.82 bits per heavy atom. The van der Waals surface area contributed by atoms with Gasteiger partial charge in [-0.2, -0.15) is 13.2 Å². The first-order valence-corrected chi connectivity index (χ1v) is 9.21. The number of aliphatic carboxylic acids is 1. The number of nitrogens with two attached hydrogens (primary N) is 1. The number of pyridine rings is 1. The van der Waals surface area contributed by atoms with Gasteiger partial charge in [0.05, 0.1) is 23.4 Å². The van der Waals surface area contributed by atoms with Crippen LogP contribution in [0.3, 0.4) is 0 Å². The maximum Gasteiger partial charge on any atom is 0.419 e. The second-order valence-corrected chi connectivity index (χ2v) is 7.43. The van der Waals surface area contributed by atoms with E-state index in [0.29, 0.717) is 35.3 Å². The van der Waals surface area contributed by atoms with Crippen LogP contribution in [0.4, 0.5) is 24.1 Å². The fourth-order valence-electron chi connectivity index (χ4n) is 3.20. The lowest BCUT2D eigenvalue weighted by Gasteiger charge is -2.29. The molecule has 1 atom stereocenters. The molecule has 0 aromatic carbocycles. The van der Waals surface area contributed by atoms with Crippen LogP contribution in [-0.4, -0.2) is 43.7 Å². The summed E-state index contributed by atoms with van der Waals surface area (Å²) >= 11 is 1.25. The van der Waals surface area contributed by atoms with E-state index in [4.69, 9.17) is 5.73 Å². The fraction of sp³-hybridized carbons (Fsp3) is 0.375. The minimum Gasteiger partial charge on any atom is -0.481 e. The smallest absolute Gasteiger partial charge is 0.419 e. The van der Waals surface area contributed by atoms with Crippen molar-refractivity contribution in [1.29, 1.82) is 0 Å². The Morgan fingerprint density at radius 2 is 2.11 bits per heavy atom. The molecule has 0 spiro atoms. The monoisotopic (exact) mass is 412 g/mol. The molecule has 3 aromatic heterocycles. The molecule has 0 amide bonds. The predicted octanol–water partition coefficient (Wildman–Crippen LogP) is 2.75. The number of hydrogen-bond acceptors (Lipinski definition) is 7. The van der Waals surface area contributed by atoms with Crippen LogP contribution in [0, 0.1) is 5.92 Å². The molecule has 1 aliphatic rings. The second kappa shape index (κ2) is 6.62. The summed E-state index contributed by atoms with van der Waals surface area (Å²) in [6, 6.07) is 0.923. The van der Waals surface area contributed by atoms with Gasteiger partial charge in [-0.05, 0) is 18.9 Å². The first-order chi connectivity index (χ1) is 13.2. The number of carbonyl (C=O) groups is 1. The van der Waals surface area contributed by atoms with Crippen LogP contribution in [0.1, 0.15) is 18.4 Å². The Balaban J connectivity index is 1.70. The zero-order chi connectivity index (χ0) is 20.1. The highest BCUT2D eigenvalue weighted by Gasteiger charge is 2.34. The maximum atomic E-state index is 13.1. The quantitative estimate of drug-likeness (QED) is 0.681. The predicted molar refractivity (Wildman–Crippen MR) is 96.1 cm³/mol. The molecule has 1 saturated heterocycles. The topological polar surface area (TPSA) is 110 Å². The highest BCUT2D eigenvalue weighted by atomic mass is 32.1. The SMILES string of the molecule is Nc1ncc(-c2cnc3sc(N4CCCC(C(=O)O)C4)nn23)cc1C(F)(F)F. The molecule has 3 aromatic rings. The van der Waals surface area contributed by atoms with E-state index >= 15 is 0 Å². The van der Waals surface area contributed by atoms with Crippen LogP contribution < -0.4 is 10.6 Å². The van der Waals surface area contributed by atoms with Crippen molar-refractivity contribution in [2.24, 2.45) is 5.92 Å². The van der Waals surface area contributed by atoms with Crippen molar-refractivity contribution < 1.29 is 23.1 Å². The van der Waals surface area contributed by atoms with E-state index in [0.717, 1.165) is 12.5 Å². The molecule has 0 bridgehead atoms. The summed E-state index contributed by atoms with van der Waals surface area (Å²) in [5.74, 6) is -1.91. The van der Waals surface area contributed by atoms with Gasteiger partial charge in [0.15, 0.2) is 0 Å². The van der Waals surface area contributed by atoms with Gasteiger partial charge in [-0.25, -0.2) is 14.5 Å². The van der Waals surface area contributed by atoms with E-state index in [1.165, 1.54) is 28.2 Å². The van der Waals surface area contributed by atoms with Crippen molar-refractivity contribution in [3.63, 3.8) is 0 Å². The lowest BCUT2D eigenvalue weighted by molar-refractivity contribution is -0.142. The van der Waals surface area contributed by atoms with Crippen LogP contribution in [0.15, 0.2) is 18.5 Å². The van der Waals surface area contributed by atoms with Crippen molar-refractivity contribution in [2.45, 2.75) is 19.0 Å². The minimum atomic E-state index is -4.62. The van der Waals surface area contributed by atoms with E-state index in [9.17, 15) is 23.1 Å². The highest BCUT2D eigenvalue weighted by Crippen LogP contribution is 2.36. The van der Waals surface area contributed by atoms with Crippen LogP contribution in [-0.2, 0) is 11.0 Å². The molecule has 12 heteroatoms. The molecule has 4 rings (SSSR count). The number of anilines is 2. The lowest BCUT2D eigenvalue weighted by Crippen LogP contribution is -2.38. The van der Waals surface area contributed by atoms with E-state index < -0.39 is 29.4 Å². The molecule has 0 aliphatic carbocycles. The average molecular weight is 412 g/mol. The van der Waals surface area contributed by atoms with Gasteiger partial charge in [0.25, 0.3) is 0 Å². The lowest BCUT2D eigenvalue weighted by atomic mass is 9.99. The molecule has 3 N–H and O–H groups in total. The average Bonchev–Trinajstić information content (AvgIpc) is 3.22. The fourth-order valence-corrected chi connectivity index (χ4v) is 4.11. The summed E-state index contributed by atoms with van der Waals surface area (Å²) in [5.41, 5.74) is 4.88. The van der Waals surface area contributed by atoms with Crippen LogP contribution in [0.2, 0.25) is 0 Å². The summed E-state index contributed by atoms with van der Waals surface area (Å²) in [5, 5.41) is 14.3. The molecular formula is C16H15F3N6O2S. The summed E-state index contributed by atoms with van der Waals surface area (Å²) in [6.45, 7) is 1.00. The van der Waals surface area contributed by atoms with Gasteiger partial charge >= 0.3 is 12.1 Å². The van der Waals surface area contributed by atoms with Gasteiger partial charge in [0, 0.05) is 24.8 Å². The third-order valence-corrected chi connectivity index (χ3v) is 5.62. The molecule has 8 nitrogen and oxygen atoms in total. The molecule has 148 valence electrons. The number of alkyl halides is 3. The number of carboxylic acids is 1. The van der Waals surface area contributed by atoms with E-state index in [2.05, 4.69) is 15.1 Å². The number of rotatable bonds is 3. The first-order valence-electron chi connectivity index (χ1n) is 8.39. The number of nitrogens with zero attached hydrogens (tertiary/aromatic N) is 5. The molecule has 1 unspecified atom stereocenters. The Morgan fingerprint density at radius 1 is 1.32 bits per heavy atom. The largest absolute Gasteiger partial charge is 0.481 e. The summed E-state index contributed by atoms with van der Waals surface area (Å²) in [6.07, 6.45) is -0.621. The molecule has 28 heavy (non-hydrogen) atoms. The Bertz CT molecular complexity index is 1050. The number of piperidine rings is 1. The van der Waals surface area contributed by atoms with E-state index in [1.54, 1.807) is 0 Å². The number of nitrogen functional groups attached to an aromatic ring is 1. The van der Waals surface area contributed by atoms with Gasteiger partial charge in [-0.1, -0.05) is 11.3 Å². The Labute approximate surface area is 160 Å². The maximum absolute atomic E-state index is 13.1. The summed E-state index contributed by atoms with van der Waals surface area (Å²) in [4.78, 5) is 21.5. The Hall–Kier alpha value is -2.89. The van der Waals surface area contributed by atoms with Gasteiger partial charge in [0.1, 0.15) is 5.82 Å². The highest BCUT2D eigenvalue weighted by molar-refractivity contribution is 7.20. The van der Waals surface area contributed by atoms with Crippen molar-refractivity contribution in [1.82, 2.24) is 19.6 Å². The van der Waals surface area contributed by atoms with Gasteiger partial charge in [-0.15, -0.1) is 5.10 Å². The Kier molecular flexibility index (Phi) is 4.37. The van der Waals surface area contributed by atoms with Gasteiger partial charge < -0.3 is 15.7 Å². The van der Waals surface area contributed by atoms with Crippen molar-refractivity contribution in [3.05, 3.63) is 24.0 Å². The van der Waals surface area contributed by atoms with Crippen molar-refractivity contribution in [3.8, 4) is 11.3 Å². The number of imidazole rings is 1. The standard InChI is InChI=1S/C16H15F3N6O2S/c17-16(18,19)10-4-9(5-21-12(10)20)11-6-22-14-25(11)23-15(28-14)24-3-1-2-8(7-24)13(26)27/h4-6,8H,1-3,7H2,(H2,20,21)(H,26,27). The van der Waals surface area contributed by atoms with Gasteiger partial charge in [0.2, 0.25) is 10.1 Å². The zero-order valence-corrected chi connectivity index (χ0v) is 15.2. The number of hydrogen-bond donors (Lipinski definition) is 2. The van der Waals surface area contributed by atoms with E-state index in [1.807, 2.05) is 4.90 Å². The van der Waals surface area contributed by atoms with Crippen LogP contribution in [0.25, 0.3) is 16.2 Å². The molecule has 1 aliphatic heterocycles. The van der Waals surface area contributed by atoms with Crippen LogP contribution >= 0.6 is 11.3 Å². The van der Waals surface area contributed by atoms with Crippen LogP contribution in [0.5, 0.6) is 0 Å². The normalized spacial score (nSPS) is 18.0. The summed E-state index contributed by atoms with van der Waals surface area (Å²) < 4.78 is 40.8. The third-order valence-electron chi connectivity index (χ3n) is 4.64. The number of carboxylic acid groups (broad SMARTS) is 1. The number of aromatic nitrogens is 4. The van der Waals surface area contributed by atoms with E-state index in [-0.39, 0.29) is 5.56 Å². The molecule has 0 radical (unpaired) electrons. The minimum absolute atomic E-state index is 0.188. The van der Waals surface area contributed by atoms with Crippen molar-refractivity contribution in [2.75, 3.05) is 23.7 Å². The second-order valence-electron chi connectivity index (χ2n) is 6.50. The number of halogens is 3. The van der Waals surface area contributed by atoms with Crippen molar-refractivity contribution >= 4 is 33.2 Å². The molecule has 1 fully saturated rings. The zero-order valence-electron chi connectivity index (χ0n) is 14.3. The molecular weight excluding hydrogens is 397 g/mol. The molecule has 4 heterocycles. The number of fused-ring (bicyclic) bond motifs is 1. The summed E-state index contributed by atoms with van der Waals surface area (Å²) in [7, 11) is 0.